The lowest BCUT2D eigenvalue weighted by molar-refractivity contribution is 0.348. The van der Waals surface area contributed by atoms with Crippen molar-refractivity contribution in [2.24, 2.45) is 5.73 Å². The molecule has 88 valence electrons. The quantitative estimate of drug-likeness (QED) is 0.870. The molecule has 3 rings (SSSR count). The van der Waals surface area contributed by atoms with E-state index in [0.29, 0.717) is 11.7 Å². The first-order chi connectivity index (χ1) is 8.21. The normalized spacial score (nSPS) is 16.8. The van der Waals surface area contributed by atoms with E-state index in [9.17, 15) is 0 Å². The van der Waals surface area contributed by atoms with Gasteiger partial charge in [-0.3, -0.25) is 0 Å². The van der Waals surface area contributed by atoms with Crippen LogP contribution in [-0.4, -0.2) is 17.3 Å². The lowest BCUT2D eigenvalue weighted by Gasteiger charge is -2.00. The van der Waals surface area contributed by atoms with E-state index in [1.807, 2.05) is 24.3 Å². The van der Waals surface area contributed by atoms with E-state index < -0.39 is 0 Å². The van der Waals surface area contributed by atoms with Crippen LogP contribution in [0.5, 0.6) is 5.75 Å². The Bertz CT molecular complexity index is 546. The molecule has 1 fully saturated rings. The second-order valence-corrected chi connectivity index (χ2v) is 4.31. The Morgan fingerprint density at radius 3 is 2.94 bits per heavy atom. The average molecular weight is 231 g/mol. The molecule has 0 bridgehead atoms. The van der Waals surface area contributed by atoms with Crippen LogP contribution in [0.25, 0.3) is 11.4 Å². The Kier molecular flexibility index (Phi) is 2.16. The minimum Gasteiger partial charge on any atom is -0.497 e. The summed E-state index contributed by atoms with van der Waals surface area (Å²) in [6.07, 6.45) is 1.82. The van der Waals surface area contributed by atoms with Crippen molar-refractivity contribution in [3.63, 3.8) is 0 Å². The average Bonchev–Trinajstić information content (AvgIpc) is 2.94. The molecule has 1 aliphatic rings. The van der Waals surface area contributed by atoms with Crippen molar-refractivity contribution >= 4 is 0 Å². The van der Waals surface area contributed by atoms with E-state index >= 15 is 0 Å². The summed E-state index contributed by atoms with van der Waals surface area (Å²) in [5.74, 6) is 1.84. The molecule has 0 amide bonds. The molecule has 1 aromatic carbocycles. The molecule has 1 saturated carbocycles. The Labute approximate surface area is 98.6 Å². The van der Waals surface area contributed by atoms with Crippen molar-refractivity contribution in [1.29, 1.82) is 0 Å². The summed E-state index contributed by atoms with van der Waals surface area (Å²) in [6.45, 7) is 0. The summed E-state index contributed by atoms with van der Waals surface area (Å²) in [5.41, 5.74) is 6.47. The van der Waals surface area contributed by atoms with Gasteiger partial charge in [0.1, 0.15) is 5.75 Å². The summed E-state index contributed by atoms with van der Waals surface area (Å²) in [7, 11) is 1.62. The molecule has 1 aliphatic carbocycles. The van der Waals surface area contributed by atoms with Gasteiger partial charge >= 0.3 is 0 Å². The van der Waals surface area contributed by atoms with Crippen LogP contribution < -0.4 is 10.5 Å². The van der Waals surface area contributed by atoms with Crippen LogP contribution in [0.3, 0.4) is 0 Å². The van der Waals surface area contributed by atoms with Gasteiger partial charge in [-0.25, -0.2) is 0 Å². The zero-order valence-corrected chi connectivity index (χ0v) is 9.51. The molecule has 0 radical (unpaired) electrons. The molecule has 5 heteroatoms. The number of nitrogens with two attached hydrogens (primary N) is 1. The minimum atomic E-state index is -0.385. The van der Waals surface area contributed by atoms with Crippen LogP contribution >= 0.6 is 0 Å². The van der Waals surface area contributed by atoms with Crippen molar-refractivity contribution in [3.05, 3.63) is 30.2 Å². The molecule has 1 aromatic heterocycles. The monoisotopic (exact) mass is 231 g/mol. The molecule has 2 N–H and O–H groups in total. The highest BCUT2D eigenvalue weighted by Gasteiger charge is 2.45. The Hall–Kier alpha value is -1.88. The lowest BCUT2D eigenvalue weighted by Crippen LogP contribution is -2.18. The first kappa shape index (κ1) is 10.3. The fourth-order valence-electron chi connectivity index (χ4n) is 1.65. The van der Waals surface area contributed by atoms with Gasteiger partial charge in [0.25, 0.3) is 0 Å². The SMILES string of the molecule is COc1cccc(-c2noc(C3(N)CC3)n2)c1. The maximum atomic E-state index is 5.99. The minimum absolute atomic E-state index is 0.385. The topological polar surface area (TPSA) is 74.2 Å². The second kappa shape index (κ2) is 3.56. The number of benzene rings is 1. The molecular weight excluding hydrogens is 218 g/mol. The molecule has 0 aliphatic heterocycles. The molecular formula is C12H13N3O2. The third kappa shape index (κ3) is 1.78. The number of hydrogen-bond acceptors (Lipinski definition) is 5. The zero-order valence-electron chi connectivity index (χ0n) is 9.51. The smallest absolute Gasteiger partial charge is 0.247 e. The number of methoxy groups -OCH3 is 1. The van der Waals surface area contributed by atoms with E-state index in [0.717, 1.165) is 24.2 Å². The first-order valence-electron chi connectivity index (χ1n) is 5.49. The fourth-order valence-corrected chi connectivity index (χ4v) is 1.65. The predicted octanol–water partition coefficient (Wildman–Crippen LogP) is 1.69. The number of ether oxygens (including phenoxy) is 1. The van der Waals surface area contributed by atoms with Gasteiger partial charge in [-0.2, -0.15) is 4.98 Å². The van der Waals surface area contributed by atoms with Gasteiger partial charge in [0.15, 0.2) is 0 Å². The highest BCUT2D eigenvalue weighted by Crippen LogP contribution is 2.42. The second-order valence-electron chi connectivity index (χ2n) is 4.31. The zero-order chi connectivity index (χ0) is 11.9. The van der Waals surface area contributed by atoms with Crippen LogP contribution in [0.4, 0.5) is 0 Å². The maximum absolute atomic E-state index is 5.99. The van der Waals surface area contributed by atoms with Crippen LogP contribution in [0, 0.1) is 0 Å². The molecule has 17 heavy (non-hydrogen) atoms. The van der Waals surface area contributed by atoms with E-state index in [2.05, 4.69) is 10.1 Å². The standard InChI is InChI=1S/C12H13N3O2/c1-16-9-4-2-3-8(7-9)10-14-11(17-15-10)12(13)5-6-12/h2-4,7H,5-6,13H2,1H3. The molecule has 5 nitrogen and oxygen atoms in total. The number of hydrogen-bond donors (Lipinski definition) is 1. The largest absolute Gasteiger partial charge is 0.497 e. The van der Waals surface area contributed by atoms with E-state index in [-0.39, 0.29) is 5.54 Å². The van der Waals surface area contributed by atoms with E-state index in [4.69, 9.17) is 15.0 Å². The van der Waals surface area contributed by atoms with Gasteiger partial charge < -0.3 is 15.0 Å². The summed E-state index contributed by atoms with van der Waals surface area (Å²) in [4.78, 5) is 4.33. The van der Waals surface area contributed by atoms with Crippen LogP contribution in [0.1, 0.15) is 18.7 Å². The lowest BCUT2D eigenvalue weighted by atomic mass is 10.2. The van der Waals surface area contributed by atoms with Crippen molar-refractivity contribution in [2.75, 3.05) is 7.11 Å². The van der Waals surface area contributed by atoms with Crippen molar-refractivity contribution in [1.82, 2.24) is 10.1 Å². The van der Waals surface area contributed by atoms with Crippen LogP contribution in [0.2, 0.25) is 0 Å². The highest BCUT2D eigenvalue weighted by molar-refractivity contribution is 5.57. The Morgan fingerprint density at radius 1 is 1.41 bits per heavy atom. The molecule has 0 unspecified atom stereocenters. The van der Waals surface area contributed by atoms with Crippen LogP contribution in [0.15, 0.2) is 28.8 Å². The highest BCUT2D eigenvalue weighted by atomic mass is 16.5. The van der Waals surface area contributed by atoms with Gasteiger partial charge in [0.2, 0.25) is 11.7 Å². The first-order valence-corrected chi connectivity index (χ1v) is 5.49. The molecule has 0 spiro atoms. The van der Waals surface area contributed by atoms with Crippen molar-refractivity contribution in [2.45, 2.75) is 18.4 Å². The summed E-state index contributed by atoms with van der Waals surface area (Å²) >= 11 is 0. The van der Waals surface area contributed by atoms with Gasteiger partial charge in [0, 0.05) is 5.56 Å². The number of nitrogens with zero attached hydrogens (tertiary/aromatic N) is 2. The third-order valence-corrected chi connectivity index (χ3v) is 2.97. The molecule has 2 aromatic rings. The Morgan fingerprint density at radius 2 is 2.24 bits per heavy atom. The Balaban J connectivity index is 1.95. The molecule has 0 atom stereocenters. The maximum Gasteiger partial charge on any atom is 0.247 e. The van der Waals surface area contributed by atoms with Gasteiger partial charge in [-0.1, -0.05) is 17.3 Å². The van der Waals surface area contributed by atoms with Gasteiger partial charge in [0.05, 0.1) is 12.6 Å². The van der Waals surface area contributed by atoms with Gasteiger partial charge in [-0.15, -0.1) is 0 Å². The number of rotatable bonds is 3. The van der Waals surface area contributed by atoms with Gasteiger partial charge in [-0.05, 0) is 25.0 Å². The summed E-state index contributed by atoms with van der Waals surface area (Å²) < 4.78 is 10.3. The summed E-state index contributed by atoms with van der Waals surface area (Å²) in [6, 6.07) is 7.54. The fraction of sp³-hybridized carbons (Fsp3) is 0.333. The van der Waals surface area contributed by atoms with Crippen LogP contribution in [-0.2, 0) is 5.54 Å². The molecule has 1 heterocycles. The summed E-state index contributed by atoms with van der Waals surface area (Å²) in [5, 5.41) is 3.95. The van der Waals surface area contributed by atoms with E-state index in [1.54, 1.807) is 7.11 Å². The predicted molar refractivity (Wildman–Crippen MR) is 61.4 cm³/mol. The van der Waals surface area contributed by atoms with E-state index in [1.165, 1.54) is 0 Å². The third-order valence-electron chi connectivity index (χ3n) is 2.97. The van der Waals surface area contributed by atoms with Crippen molar-refractivity contribution < 1.29 is 9.26 Å². The van der Waals surface area contributed by atoms with Crippen molar-refractivity contribution in [3.8, 4) is 17.1 Å². The molecule has 0 saturated heterocycles. The number of aromatic nitrogens is 2.